The van der Waals surface area contributed by atoms with Crippen molar-refractivity contribution in [1.82, 2.24) is 9.97 Å². The molecule has 0 amide bonds. The van der Waals surface area contributed by atoms with E-state index in [4.69, 9.17) is 4.98 Å². The Morgan fingerprint density at radius 2 is 1.34 bits per heavy atom. The lowest BCUT2D eigenvalue weighted by Crippen LogP contribution is -1.96. The van der Waals surface area contributed by atoms with E-state index in [0.717, 1.165) is 62.5 Å². The molecular weight excluding hydrogens is 428 g/mol. The van der Waals surface area contributed by atoms with E-state index in [0.29, 0.717) is 0 Å². The van der Waals surface area contributed by atoms with Crippen molar-refractivity contribution < 1.29 is 0 Å². The van der Waals surface area contributed by atoms with E-state index in [1.54, 1.807) is 12.4 Å². The second kappa shape index (κ2) is 9.82. The van der Waals surface area contributed by atoms with Crippen LogP contribution >= 0.6 is 0 Å². The van der Waals surface area contributed by atoms with Crippen LogP contribution in [0.25, 0.3) is 16.5 Å². The molecule has 172 valence electrons. The van der Waals surface area contributed by atoms with Gasteiger partial charge in [0.25, 0.3) is 0 Å². The number of anilines is 4. The molecule has 0 bridgehead atoms. The molecule has 5 aromatic rings. The van der Waals surface area contributed by atoms with Crippen molar-refractivity contribution in [2.75, 3.05) is 10.6 Å². The van der Waals surface area contributed by atoms with Crippen LogP contribution < -0.4 is 10.6 Å². The van der Waals surface area contributed by atoms with Crippen molar-refractivity contribution in [2.24, 2.45) is 0 Å². The van der Waals surface area contributed by atoms with Crippen LogP contribution in [-0.2, 0) is 6.42 Å². The lowest BCUT2D eigenvalue weighted by molar-refractivity contribution is 1.14. The number of benzene rings is 3. The zero-order chi connectivity index (χ0) is 24.2. The Kier molecular flexibility index (Phi) is 6.27. The highest BCUT2D eigenvalue weighted by molar-refractivity contribution is 5.94. The van der Waals surface area contributed by atoms with Gasteiger partial charge in [-0.1, -0.05) is 43.8 Å². The summed E-state index contributed by atoms with van der Waals surface area (Å²) >= 11 is 0. The van der Waals surface area contributed by atoms with E-state index >= 15 is 0 Å². The molecule has 0 unspecified atom stereocenters. The number of hydrogen-bond donors (Lipinski definition) is 2. The number of nitrogens with one attached hydrogen (secondary N) is 2. The van der Waals surface area contributed by atoms with Gasteiger partial charge >= 0.3 is 0 Å². The van der Waals surface area contributed by atoms with Gasteiger partial charge in [0, 0.05) is 46.2 Å². The van der Waals surface area contributed by atoms with Gasteiger partial charge < -0.3 is 10.6 Å². The standard InChI is InChI=1S/C31H28N4/c1-4-23-5-14-30-29(20-23)31(19-21(2)33-30)35-27-12-8-25(9-13-27)22(3)24-6-10-26(11-7-24)34-28-15-17-32-18-16-28/h5-20H,3-4H2,1-2H3,(H,32,34)(H,33,35). The van der Waals surface area contributed by atoms with E-state index in [9.17, 15) is 0 Å². The fraction of sp³-hybridized carbons (Fsp3) is 0.0968. The van der Waals surface area contributed by atoms with Crippen molar-refractivity contribution in [2.45, 2.75) is 20.3 Å². The topological polar surface area (TPSA) is 49.8 Å². The number of nitrogens with zero attached hydrogens (tertiary/aromatic N) is 2. The molecule has 2 aromatic heterocycles. The Morgan fingerprint density at radius 1 is 0.743 bits per heavy atom. The average Bonchev–Trinajstić information content (AvgIpc) is 2.89. The molecule has 3 aromatic carbocycles. The van der Waals surface area contributed by atoms with Crippen molar-refractivity contribution in [1.29, 1.82) is 0 Å². The van der Waals surface area contributed by atoms with Gasteiger partial charge in [0.2, 0.25) is 0 Å². The maximum absolute atomic E-state index is 4.69. The number of fused-ring (bicyclic) bond motifs is 1. The maximum Gasteiger partial charge on any atom is 0.0726 e. The van der Waals surface area contributed by atoms with Gasteiger partial charge in [0.05, 0.1) is 5.52 Å². The molecule has 0 atom stereocenters. The summed E-state index contributed by atoms with van der Waals surface area (Å²) in [6, 6.07) is 29.2. The Balaban J connectivity index is 1.32. The second-order valence-electron chi connectivity index (χ2n) is 8.64. The molecule has 0 aliphatic rings. The van der Waals surface area contributed by atoms with Gasteiger partial charge in [0.15, 0.2) is 0 Å². The SMILES string of the molecule is C=C(c1ccc(Nc2ccncc2)cc1)c1ccc(Nc2cc(C)nc3ccc(CC)cc23)cc1. The summed E-state index contributed by atoms with van der Waals surface area (Å²) in [5.41, 5.74) is 10.6. The van der Waals surface area contributed by atoms with Crippen LogP contribution in [0.15, 0.2) is 104 Å². The fourth-order valence-corrected chi connectivity index (χ4v) is 4.16. The van der Waals surface area contributed by atoms with Crippen LogP contribution in [0.2, 0.25) is 0 Å². The monoisotopic (exact) mass is 456 g/mol. The summed E-state index contributed by atoms with van der Waals surface area (Å²) in [6.45, 7) is 8.54. The number of rotatable bonds is 7. The van der Waals surface area contributed by atoms with Crippen LogP contribution in [-0.4, -0.2) is 9.97 Å². The Bertz CT molecular complexity index is 1470. The Morgan fingerprint density at radius 3 is 1.97 bits per heavy atom. The summed E-state index contributed by atoms with van der Waals surface area (Å²) in [4.78, 5) is 8.75. The van der Waals surface area contributed by atoms with Crippen molar-refractivity contribution >= 4 is 39.2 Å². The molecule has 4 heteroatoms. The Hall–Kier alpha value is -4.44. The van der Waals surface area contributed by atoms with E-state index in [1.165, 1.54) is 5.56 Å². The molecule has 0 saturated carbocycles. The van der Waals surface area contributed by atoms with Crippen LogP contribution in [0, 0.1) is 6.92 Å². The molecule has 0 spiro atoms. The zero-order valence-electron chi connectivity index (χ0n) is 20.0. The van der Waals surface area contributed by atoms with Crippen LogP contribution in [0.3, 0.4) is 0 Å². The lowest BCUT2D eigenvalue weighted by atomic mass is 9.99. The summed E-state index contributed by atoms with van der Waals surface area (Å²) in [7, 11) is 0. The number of aromatic nitrogens is 2. The lowest BCUT2D eigenvalue weighted by Gasteiger charge is -2.13. The highest BCUT2D eigenvalue weighted by Crippen LogP contribution is 2.30. The summed E-state index contributed by atoms with van der Waals surface area (Å²) in [6.07, 6.45) is 4.55. The molecule has 0 radical (unpaired) electrons. The van der Waals surface area contributed by atoms with E-state index in [1.807, 2.05) is 19.1 Å². The van der Waals surface area contributed by atoms with Crippen molar-refractivity contribution in [3.63, 3.8) is 0 Å². The van der Waals surface area contributed by atoms with Gasteiger partial charge in [0.1, 0.15) is 0 Å². The first-order chi connectivity index (χ1) is 17.1. The second-order valence-corrected chi connectivity index (χ2v) is 8.64. The molecule has 0 saturated heterocycles. The smallest absolute Gasteiger partial charge is 0.0726 e. The summed E-state index contributed by atoms with van der Waals surface area (Å²) in [5.74, 6) is 0. The van der Waals surface area contributed by atoms with Crippen LogP contribution in [0.1, 0.15) is 29.3 Å². The zero-order valence-corrected chi connectivity index (χ0v) is 20.0. The summed E-state index contributed by atoms with van der Waals surface area (Å²) in [5, 5.41) is 8.12. The highest BCUT2D eigenvalue weighted by atomic mass is 14.9. The van der Waals surface area contributed by atoms with E-state index < -0.39 is 0 Å². The van der Waals surface area contributed by atoms with Crippen molar-refractivity contribution in [3.05, 3.63) is 126 Å². The normalized spacial score (nSPS) is 10.8. The molecule has 0 aliphatic heterocycles. The quantitative estimate of drug-likeness (QED) is 0.260. The molecule has 2 heterocycles. The molecular formula is C31H28N4. The largest absolute Gasteiger partial charge is 0.355 e. The molecule has 4 nitrogen and oxygen atoms in total. The molecule has 2 N–H and O–H groups in total. The van der Waals surface area contributed by atoms with Gasteiger partial charge in [-0.3, -0.25) is 9.97 Å². The first-order valence-corrected chi connectivity index (χ1v) is 11.8. The highest BCUT2D eigenvalue weighted by Gasteiger charge is 2.07. The minimum absolute atomic E-state index is 0.991. The minimum atomic E-state index is 0.991. The first kappa shape index (κ1) is 22.4. The predicted octanol–water partition coefficient (Wildman–Crippen LogP) is 8.05. The van der Waals surface area contributed by atoms with Gasteiger partial charge in [-0.15, -0.1) is 0 Å². The first-order valence-electron chi connectivity index (χ1n) is 11.8. The number of pyridine rings is 2. The molecule has 5 rings (SSSR count). The van der Waals surface area contributed by atoms with Gasteiger partial charge in [-0.05, 0) is 90.2 Å². The number of aryl methyl sites for hydroxylation is 2. The van der Waals surface area contributed by atoms with E-state index in [-0.39, 0.29) is 0 Å². The van der Waals surface area contributed by atoms with Crippen LogP contribution in [0.4, 0.5) is 22.7 Å². The minimum Gasteiger partial charge on any atom is -0.355 e. The van der Waals surface area contributed by atoms with Crippen LogP contribution in [0.5, 0.6) is 0 Å². The molecule has 0 aliphatic carbocycles. The molecule has 0 fully saturated rings. The van der Waals surface area contributed by atoms with Gasteiger partial charge in [-0.2, -0.15) is 0 Å². The number of hydrogen-bond acceptors (Lipinski definition) is 4. The Labute approximate surface area is 206 Å². The fourth-order valence-electron chi connectivity index (χ4n) is 4.16. The third-order valence-corrected chi connectivity index (χ3v) is 6.12. The summed E-state index contributed by atoms with van der Waals surface area (Å²) < 4.78 is 0. The van der Waals surface area contributed by atoms with Gasteiger partial charge in [-0.25, -0.2) is 0 Å². The third kappa shape index (κ3) is 5.07. The van der Waals surface area contributed by atoms with Crippen molar-refractivity contribution in [3.8, 4) is 0 Å². The van der Waals surface area contributed by atoms with E-state index in [2.05, 4.69) is 102 Å². The average molecular weight is 457 g/mol. The third-order valence-electron chi connectivity index (χ3n) is 6.12. The maximum atomic E-state index is 4.69. The predicted molar refractivity (Wildman–Crippen MR) is 148 cm³/mol. The molecule has 35 heavy (non-hydrogen) atoms.